The first-order valence-corrected chi connectivity index (χ1v) is 5.98. The topological polar surface area (TPSA) is 18.5 Å². The lowest BCUT2D eigenvalue weighted by Gasteiger charge is -2.20. The van der Waals surface area contributed by atoms with Crippen molar-refractivity contribution in [3.8, 4) is 0 Å². The summed E-state index contributed by atoms with van der Waals surface area (Å²) in [6.45, 7) is 0.358. The summed E-state index contributed by atoms with van der Waals surface area (Å²) in [5.41, 5.74) is 0. The van der Waals surface area contributed by atoms with Crippen molar-refractivity contribution in [1.82, 2.24) is 0 Å². The van der Waals surface area contributed by atoms with E-state index in [1.807, 2.05) is 0 Å². The van der Waals surface area contributed by atoms with E-state index in [9.17, 15) is 0 Å². The normalized spacial score (nSPS) is 35.8. The van der Waals surface area contributed by atoms with E-state index in [4.69, 9.17) is 21.1 Å². The summed E-state index contributed by atoms with van der Waals surface area (Å²) >= 11 is 9.74. The molecule has 0 spiro atoms. The van der Waals surface area contributed by atoms with Gasteiger partial charge >= 0.3 is 0 Å². The van der Waals surface area contributed by atoms with Crippen LogP contribution in [0.2, 0.25) is 0 Å². The summed E-state index contributed by atoms with van der Waals surface area (Å²) in [7, 11) is 1.64. The number of rotatable bonds is 3. The van der Waals surface area contributed by atoms with E-state index in [1.165, 1.54) is 6.42 Å². The van der Waals surface area contributed by atoms with Crippen LogP contribution in [0.25, 0.3) is 0 Å². The van der Waals surface area contributed by atoms with Gasteiger partial charge in [0.2, 0.25) is 0 Å². The van der Waals surface area contributed by atoms with Gasteiger partial charge in [-0.1, -0.05) is 22.4 Å². The summed E-state index contributed by atoms with van der Waals surface area (Å²) in [6, 6.07) is 0. The summed E-state index contributed by atoms with van der Waals surface area (Å²) in [5, 5.41) is 0.254. The highest BCUT2D eigenvalue weighted by atomic mass is 79.9. The average Bonchev–Trinajstić information content (AvgIpc) is 2.25. The maximum absolute atomic E-state index is 6.12. The van der Waals surface area contributed by atoms with Crippen LogP contribution >= 0.6 is 27.5 Å². The Morgan fingerprint density at radius 3 is 2.92 bits per heavy atom. The molecule has 3 unspecified atom stereocenters. The zero-order valence-corrected chi connectivity index (χ0v) is 10.2. The molecule has 2 nitrogen and oxygen atoms in total. The fourth-order valence-electron chi connectivity index (χ4n) is 1.57. The van der Waals surface area contributed by atoms with Crippen LogP contribution in [0.1, 0.15) is 25.7 Å². The lowest BCUT2D eigenvalue weighted by Crippen LogP contribution is -2.26. The van der Waals surface area contributed by atoms with E-state index in [0.717, 1.165) is 19.3 Å². The van der Waals surface area contributed by atoms with E-state index in [-0.39, 0.29) is 11.5 Å². The Morgan fingerprint density at radius 2 is 2.23 bits per heavy atom. The summed E-state index contributed by atoms with van der Waals surface area (Å²) in [6.07, 6.45) is 4.52. The highest BCUT2D eigenvalue weighted by Gasteiger charge is 2.26. The number of alkyl halides is 2. The predicted octanol–water partition coefficient (Wildman–Crippen LogP) is 2.92. The van der Waals surface area contributed by atoms with Crippen molar-refractivity contribution >= 4 is 27.5 Å². The van der Waals surface area contributed by atoms with Gasteiger partial charge in [0.05, 0.1) is 6.10 Å². The lowest BCUT2D eigenvalue weighted by atomic mass is 10.1. The van der Waals surface area contributed by atoms with Gasteiger partial charge in [-0.05, 0) is 19.3 Å². The molecule has 0 heterocycles. The largest absolute Gasteiger partial charge is 0.359 e. The van der Waals surface area contributed by atoms with Crippen molar-refractivity contribution in [2.24, 2.45) is 0 Å². The first-order valence-electron chi connectivity index (χ1n) is 4.62. The van der Waals surface area contributed by atoms with Gasteiger partial charge < -0.3 is 9.47 Å². The zero-order chi connectivity index (χ0) is 9.68. The van der Waals surface area contributed by atoms with Crippen molar-refractivity contribution in [1.29, 1.82) is 0 Å². The summed E-state index contributed by atoms with van der Waals surface area (Å²) in [5.74, 6) is 0. The maximum atomic E-state index is 6.12. The average molecular weight is 272 g/mol. The van der Waals surface area contributed by atoms with Crippen LogP contribution in [0.4, 0.5) is 0 Å². The fourth-order valence-corrected chi connectivity index (χ4v) is 2.59. The summed E-state index contributed by atoms with van der Waals surface area (Å²) in [4.78, 5) is 0.423. The summed E-state index contributed by atoms with van der Waals surface area (Å²) < 4.78 is 10.4. The smallest absolute Gasteiger partial charge is 0.146 e. The van der Waals surface area contributed by atoms with Crippen LogP contribution < -0.4 is 0 Å². The van der Waals surface area contributed by atoms with Crippen LogP contribution in [-0.2, 0) is 9.47 Å². The van der Waals surface area contributed by atoms with Crippen molar-refractivity contribution in [2.75, 3.05) is 13.9 Å². The molecular formula is C9H16BrClO2. The standard InChI is InChI=1S/C9H16BrClO2/c1-12-6-13-9-5-7(11)3-2-4-8(9)10/h7-9H,2-6H2,1H3. The third kappa shape index (κ3) is 4.15. The van der Waals surface area contributed by atoms with Gasteiger partial charge in [-0.2, -0.15) is 0 Å². The minimum atomic E-state index is 0.199. The Hall–Kier alpha value is 0.690. The molecule has 0 aromatic rings. The molecule has 0 aliphatic heterocycles. The highest BCUT2D eigenvalue weighted by Crippen LogP contribution is 2.28. The lowest BCUT2D eigenvalue weighted by molar-refractivity contribution is -0.0726. The van der Waals surface area contributed by atoms with Gasteiger partial charge in [-0.15, -0.1) is 11.6 Å². The minimum absolute atomic E-state index is 0.199. The Kier molecular flexibility index (Phi) is 5.63. The predicted molar refractivity (Wildman–Crippen MR) is 57.6 cm³/mol. The van der Waals surface area contributed by atoms with Gasteiger partial charge in [0.1, 0.15) is 6.79 Å². The van der Waals surface area contributed by atoms with E-state index in [1.54, 1.807) is 7.11 Å². The Morgan fingerprint density at radius 1 is 1.46 bits per heavy atom. The quantitative estimate of drug-likeness (QED) is 0.446. The van der Waals surface area contributed by atoms with Crippen LogP contribution in [0.3, 0.4) is 0 Å². The van der Waals surface area contributed by atoms with E-state index in [0.29, 0.717) is 11.6 Å². The molecule has 0 bridgehead atoms. The molecule has 0 aromatic carbocycles. The number of methoxy groups -OCH3 is 1. The molecular weight excluding hydrogens is 255 g/mol. The number of halogens is 2. The molecule has 1 rings (SSSR count). The second kappa shape index (κ2) is 6.23. The number of ether oxygens (including phenoxy) is 2. The van der Waals surface area contributed by atoms with Gasteiger partial charge in [0.25, 0.3) is 0 Å². The molecule has 1 saturated carbocycles. The molecule has 0 amide bonds. The van der Waals surface area contributed by atoms with E-state index in [2.05, 4.69) is 15.9 Å². The molecule has 0 N–H and O–H groups in total. The third-order valence-electron chi connectivity index (χ3n) is 2.29. The van der Waals surface area contributed by atoms with Crippen molar-refractivity contribution in [2.45, 2.75) is 42.0 Å². The SMILES string of the molecule is COCOC1CC(Cl)CCCC1Br. The molecule has 13 heavy (non-hydrogen) atoms. The Labute approximate surface area is 93.1 Å². The van der Waals surface area contributed by atoms with Gasteiger partial charge in [0.15, 0.2) is 0 Å². The van der Waals surface area contributed by atoms with Crippen molar-refractivity contribution in [3.63, 3.8) is 0 Å². The van der Waals surface area contributed by atoms with Gasteiger partial charge in [-0.25, -0.2) is 0 Å². The van der Waals surface area contributed by atoms with E-state index >= 15 is 0 Å². The zero-order valence-electron chi connectivity index (χ0n) is 7.84. The minimum Gasteiger partial charge on any atom is -0.359 e. The maximum Gasteiger partial charge on any atom is 0.146 e. The molecule has 4 heteroatoms. The molecule has 78 valence electrons. The Bertz CT molecular complexity index is 146. The van der Waals surface area contributed by atoms with Gasteiger partial charge in [-0.3, -0.25) is 0 Å². The van der Waals surface area contributed by atoms with E-state index < -0.39 is 0 Å². The molecule has 1 aliphatic carbocycles. The van der Waals surface area contributed by atoms with Crippen LogP contribution in [-0.4, -0.2) is 30.2 Å². The number of hydrogen-bond acceptors (Lipinski definition) is 2. The van der Waals surface area contributed by atoms with Crippen molar-refractivity contribution < 1.29 is 9.47 Å². The molecule has 0 radical (unpaired) electrons. The molecule has 1 aliphatic rings. The monoisotopic (exact) mass is 270 g/mol. The number of hydrogen-bond donors (Lipinski definition) is 0. The van der Waals surface area contributed by atoms with Crippen LogP contribution in [0.5, 0.6) is 0 Å². The fraction of sp³-hybridized carbons (Fsp3) is 1.00. The first kappa shape index (κ1) is 11.8. The molecule has 0 aromatic heterocycles. The second-order valence-corrected chi connectivity index (χ2v) is 5.18. The van der Waals surface area contributed by atoms with Crippen molar-refractivity contribution in [3.05, 3.63) is 0 Å². The first-order chi connectivity index (χ1) is 6.24. The second-order valence-electron chi connectivity index (χ2n) is 3.39. The highest BCUT2D eigenvalue weighted by molar-refractivity contribution is 9.09. The third-order valence-corrected chi connectivity index (χ3v) is 3.73. The van der Waals surface area contributed by atoms with Crippen LogP contribution in [0.15, 0.2) is 0 Å². The van der Waals surface area contributed by atoms with Crippen LogP contribution in [0, 0.1) is 0 Å². The molecule has 3 atom stereocenters. The Balaban J connectivity index is 2.37. The van der Waals surface area contributed by atoms with Gasteiger partial charge in [0, 0.05) is 17.3 Å². The molecule has 1 fully saturated rings. The molecule has 0 saturated heterocycles.